The molecule has 1 aromatic carbocycles. The van der Waals surface area contributed by atoms with E-state index in [4.69, 9.17) is 4.74 Å². The third-order valence-corrected chi connectivity index (χ3v) is 5.95. The molecule has 1 aromatic heterocycles. The van der Waals surface area contributed by atoms with Crippen molar-refractivity contribution in [2.24, 2.45) is 0 Å². The van der Waals surface area contributed by atoms with Crippen LogP contribution in [0, 0.1) is 0 Å². The number of carbonyl (C=O) groups excluding carboxylic acids is 1. The van der Waals surface area contributed by atoms with Crippen LogP contribution in [0.3, 0.4) is 0 Å². The first kappa shape index (κ1) is 20.1. The van der Waals surface area contributed by atoms with Crippen LogP contribution in [0.25, 0.3) is 0 Å². The summed E-state index contributed by atoms with van der Waals surface area (Å²) in [7, 11) is 0. The zero-order valence-corrected chi connectivity index (χ0v) is 16.8. The lowest BCUT2D eigenvalue weighted by Gasteiger charge is -2.25. The van der Waals surface area contributed by atoms with Crippen molar-refractivity contribution in [2.75, 3.05) is 11.5 Å². The molecule has 1 aliphatic heterocycles. The molecule has 5 heteroatoms. The summed E-state index contributed by atoms with van der Waals surface area (Å²) in [4.78, 5) is 15.5. The van der Waals surface area contributed by atoms with E-state index in [9.17, 15) is 9.90 Å². The largest absolute Gasteiger partial charge is 0.388 e. The van der Waals surface area contributed by atoms with Crippen molar-refractivity contribution in [1.82, 2.24) is 0 Å². The van der Waals surface area contributed by atoms with E-state index in [1.807, 2.05) is 40.6 Å². The minimum Gasteiger partial charge on any atom is -0.388 e. The van der Waals surface area contributed by atoms with E-state index in [-0.39, 0.29) is 11.9 Å². The molecular formula is C22H29NO3S. The van der Waals surface area contributed by atoms with Gasteiger partial charge >= 0.3 is 0 Å². The third kappa shape index (κ3) is 5.41. The molecule has 1 saturated heterocycles. The fraction of sp³-hybridized carbons (Fsp3) is 0.500. The van der Waals surface area contributed by atoms with Crippen LogP contribution in [0.2, 0.25) is 0 Å². The van der Waals surface area contributed by atoms with Crippen LogP contribution in [0.4, 0.5) is 5.69 Å². The monoisotopic (exact) mass is 387 g/mol. The number of anilines is 1. The summed E-state index contributed by atoms with van der Waals surface area (Å²) in [5.41, 5.74) is 1.82. The van der Waals surface area contributed by atoms with Crippen LogP contribution in [0.15, 0.2) is 41.8 Å². The molecule has 0 radical (unpaired) electrons. The van der Waals surface area contributed by atoms with Crippen LogP contribution < -0.4 is 4.90 Å². The van der Waals surface area contributed by atoms with Crippen molar-refractivity contribution in [3.63, 3.8) is 0 Å². The molecular weight excluding hydrogens is 358 g/mol. The van der Waals surface area contributed by atoms with Gasteiger partial charge in [0.1, 0.15) is 0 Å². The molecule has 0 aliphatic carbocycles. The molecule has 1 unspecified atom stereocenters. The Kier molecular flexibility index (Phi) is 7.44. The summed E-state index contributed by atoms with van der Waals surface area (Å²) in [5.74, 6) is 0.149. The van der Waals surface area contributed by atoms with E-state index in [0.717, 1.165) is 43.4 Å². The summed E-state index contributed by atoms with van der Waals surface area (Å²) in [6.07, 6.45) is 5.08. The highest BCUT2D eigenvalue weighted by Gasteiger charge is 2.32. The fourth-order valence-electron chi connectivity index (χ4n) is 3.56. The number of rotatable bonds is 10. The molecule has 0 saturated carbocycles. The number of aliphatic hydroxyl groups is 1. The van der Waals surface area contributed by atoms with Crippen molar-refractivity contribution in [3.8, 4) is 0 Å². The van der Waals surface area contributed by atoms with Gasteiger partial charge in [0.2, 0.25) is 5.91 Å². The average molecular weight is 388 g/mol. The molecule has 1 fully saturated rings. The number of aliphatic hydroxyl groups excluding tert-OH is 1. The number of ether oxygens (including phenoxy) is 1. The van der Waals surface area contributed by atoms with Crippen LogP contribution in [0.5, 0.6) is 0 Å². The fourth-order valence-corrected chi connectivity index (χ4v) is 4.20. The van der Waals surface area contributed by atoms with Crippen molar-refractivity contribution in [2.45, 2.75) is 64.2 Å². The van der Waals surface area contributed by atoms with Crippen LogP contribution >= 0.6 is 11.3 Å². The highest BCUT2D eigenvalue weighted by atomic mass is 32.1. The molecule has 0 bridgehead atoms. The number of hydrogen-bond acceptors (Lipinski definition) is 4. The van der Waals surface area contributed by atoms with Crippen molar-refractivity contribution in [3.05, 3.63) is 52.2 Å². The quantitative estimate of drug-likeness (QED) is 0.579. The molecule has 1 amide bonds. The van der Waals surface area contributed by atoms with Gasteiger partial charge in [-0.1, -0.05) is 44.4 Å². The van der Waals surface area contributed by atoms with E-state index in [2.05, 4.69) is 13.0 Å². The Morgan fingerprint density at radius 3 is 2.78 bits per heavy atom. The Morgan fingerprint density at radius 1 is 1.26 bits per heavy atom. The molecule has 146 valence electrons. The van der Waals surface area contributed by atoms with E-state index in [1.165, 1.54) is 4.88 Å². The van der Waals surface area contributed by atoms with Gasteiger partial charge in [-0.15, -0.1) is 11.3 Å². The summed E-state index contributed by atoms with van der Waals surface area (Å²) < 4.78 is 5.86. The Balaban J connectivity index is 1.58. The second-order valence-electron chi connectivity index (χ2n) is 7.15. The molecule has 2 heterocycles. The van der Waals surface area contributed by atoms with E-state index in [1.54, 1.807) is 11.3 Å². The summed E-state index contributed by atoms with van der Waals surface area (Å²) in [6.45, 7) is 3.30. The molecule has 3 rings (SSSR count). The lowest BCUT2D eigenvalue weighted by Crippen LogP contribution is -2.36. The van der Waals surface area contributed by atoms with E-state index < -0.39 is 6.10 Å². The summed E-state index contributed by atoms with van der Waals surface area (Å²) in [5, 5.41) is 12.4. The Morgan fingerprint density at radius 2 is 2.07 bits per heavy atom. The topological polar surface area (TPSA) is 49.8 Å². The zero-order valence-electron chi connectivity index (χ0n) is 16.0. The summed E-state index contributed by atoms with van der Waals surface area (Å²) in [6, 6.07) is 12.0. The standard InChI is InChI=1S/C22H29NO3S/c1-2-3-4-7-21(24)17-8-10-18(11-9-17)23-19(12-13-22(23)25)15-26-16-20-6-5-14-27-20/h5-6,8-11,14,19,21,24H,2-4,7,12-13,15-16H2,1H3/t19-,21?/m1/s1. The predicted octanol–water partition coefficient (Wildman–Crippen LogP) is 5.07. The maximum atomic E-state index is 12.4. The van der Waals surface area contributed by atoms with Crippen LogP contribution in [-0.4, -0.2) is 23.7 Å². The van der Waals surface area contributed by atoms with Gasteiger partial charge < -0.3 is 14.7 Å². The third-order valence-electron chi connectivity index (χ3n) is 5.10. The number of carbonyl (C=O) groups is 1. The molecule has 2 aromatic rings. The second-order valence-corrected chi connectivity index (χ2v) is 8.19. The van der Waals surface area contributed by atoms with Crippen LogP contribution in [0.1, 0.15) is 62.0 Å². The first-order valence-electron chi connectivity index (χ1n) is 9.89. The molecule has 4 nitrogen and oxygen atoms in total. The minimum atomic E-state index is -0.426. The smallest absolute Gasteiger partial charge is 0.227 e. The van der Waals surface area contributed by atoms with E-state index >= 15 is 0 Å². The van der Waals surface area contributed by atoms with Gasteiger partial charge in [0.25, 0.3) is 0 Å². The number of hydrogen-bond donors (Lipinski definition) is 1. The molecule has 0 spiro atoms. The average Bonchev–Trinajstić information content (AvgIpc) is 3.32. The SMILES string of the molecule is CCCCCC(O)c1ccc(N2C(=O)CC[C@@H]2COCc2cccs2)cc1. The van der Waals surface area contributed by atoms with Crippen LogP contribution in [-0.2, 0) is 16.1 Å². The van der Waals surface area contributed by atoms with Gasteiger partial charge in [0, 0.05) is 17.0 Å². The second kappa shape index (κ2) is 10.0. The minimum absolute atomic E-state index is 0.0813. The molecule has 2 atom stereocenters. The summed E-state index contributed by atoms with van der Waals surface area (Å²) >= 11 is 1.69. The Bertz CT molecular complexity index is 699. The first-order valence-corrected chi connectivity index (χ1v) is 10.8. The number of unbranched alkanes of at least 4 members (excludes halogenated alkanes) is 2. The van der Waals surface area contributed by atoms with Gasteiger partial charge in [0.05, 0.1) is 25.4 Å². The van der Waals surface area contributed by atoms with Gasteiger partial charge in [-0.25, -0.2) is 0 Å². The Labute approximate surface area is 165 Å². The maximum Gasteiger partial charge on any atom is 0.227 e. The van der Waals surface area contributed by atoms with E-state index in [0.29, 0.717) is 19.6 Å². The number of amides is 1. The molecule has 27 heavy (non-hydrogen) atoms. The highest BCUT2D eigenvalue weighted by Crippen LogP contribution is 2.29. The first-order chi connectivity index (χ1) is 13.2. The van der Waals surface area contributed by atoms with Gasteiger partial charge in [0.15, 0.2) is 0 Å². The number of nitrogens with zero attached hydrogens (tertiary/aromatic N) is 1. The lowest BCUT2D eigenvalue weighted by molar-refractivity contribution is -0.117. The van der Waals surface area contributed by atoms with Gasteiger partial charge in [-0.2, -0.15) is 0 Å². The zero-order chi connectivity index (χ0) is 19.1. The van der Waals surface area contributed by atoms with Crippen molar-refractivity contribution < 1.29 is 14.6 Å². The Hall–Kier alpha value is -1.69. The highest BCUT2D eigenvalue weighted by molar-refractivity contribution is 7.09. The normalized spacial score (nSPS) is 18.2. The van der Waals surface area contributed by atoms with Gasteiger partial charge in [-0.3, -0.25) is 4.79 Å². The number of thiophene rings is 1. The molecule has 1 N–H and O–H groups in total. The van der Waals surface area contributed by atoms with Crippen molar-refractivity contribution >= 4 is 22.9 Å². The molecule has 1 aliphatic rings. The number of benzene rings is 1. The lowest BCUT2D eigenvalue weighted by atomic mass is 10.0. The van der Waals surface area contributed by atoms with Crippen molar-refractivity contribution in [1.29, 1.82) is 0 Å². The predicted molar refractivity (Wildman–Crippen MR) is 110 cm³/mol. The van der Waals surface area contributed by atoms with Gasteiger partial charge in [-0.05, 0) is 42.0 Å². The maximum absolute atomic E-state index is 12.4.